The van der Waals surface area contributed by atoms with Gasteiger partial charge in [0, 0.05) is 29.2 Å². The molecule has 0 aliphatic heterocycles. The summed E-state index contributed by atoms with van der Waals surface area (Å²) in [7, 11) is 0. The molecule has 2 aromatic carbocycles. The van der Waals surface area contributed by atoms with Crippen LogP contribution < -0.4 is 10.6 Å². The van der Waals surface area contributed by atoms with Crippen molar-refractivity contribution in [3.05, 3.63) is 58.6 Å². The lowest BCUT2D eigenvalue weighted by Crippen LogP contribution is -2.21. The van der Waals surface area contributed by atoms with Crippen LogP contribution in [0.5, 0.6) is 0 Å². The summed E-state index contributed by atoms with van der Waals surface area (Å²) in [6.07, 6.45) is 0.542. The maximum Gasteiger partial charge on any atom is 0.306 e. The minimum absolute atomic E-state index is 0.0554. The summed E-state index contributed by atoms with van der Waals surface area (Å²) in [6.45, 7) is 3.51. The van der Waals surface area contributed by atoms with Gasteiger partial charge < -0.3 is 15.4 Å². The third kappa shape index (κ3) is 7.80. The van der Waals surface area contributed by atoms with E-state index in [9.17, 15) is 14.4 Å². The highest BCUT2D eigenvalue weighted by atomic mass is 35.5. The highest BCUT2D eigenvalue weighted by Gasteiger charge is 2.10. The minimum Gasteiger partial charge on any atom is -0.456 e. The van der Waals surface area contributed by atoms with Crippen LogP contribution in [0.3, 0.4) is 0 Å². The molecule has 28 heavy (non-hydrogen) atoms. The summed E-state index contributed by atoms with van der Waals surface area (Å²) >= 11 is 5.86. The van der Waals surface area contributed by atoms with Crippen LogP contribution in [0.15, 0.2) is 42.5 Å². The molecule has 0 heterocycles. The van der Waals surface area contributed by atoms with E-state index in [0.29, 0.717) is 22.8 Å². The Hall–Kier alpha value is -2.86. The lowest BCUT2D eigenvalue weighted by atomic mass is 10.1. The third-order valence-electron chi connectivity index (χ3n) is 3.76. The SMILES string of the molecule is Cc1cc(C)cc(NC(=O)COC(=O)CCCC(=O)Nc2cccc(Cl)c2)c1. The molecule has 0 spiro atoms. The van der Waals surface area contributed by atoms with E-state index < -0.39 is 11.9 Å². The molecule has 2 aromatic rings. The van der Waals surface area contributed by atoms with E-state index in [1.165, 1.54) is 0 Å². The maximum absolute atomic E-state index is 11.9. The van der Waals surface area contributed by atoms with Gasteiger partial charge in [-0.1, -0.05) is 23.7 Å². The number of esters is 1. The first-order valence-electron chi connectivity index (χ1n) is 8.91. The molecule has 0 aliphatic carbocycles. The molecule has 0 bridgehead atoms. The van der Waals surface area contributed by atoms with Crippen molar-refractivity contribution in [1.29, 1.82) is 0 Å². The molecule has 0 radical (unpaired) electrons. The summed E-state index contributed by atoms with van der Waals surface area (Å²) in [5.74, 6) is -1.15. The molecule has 0 unspecified atom stereocenters. The van der Waals surface area contributed by atoms with Crippen LogP contribution in [0.4, 0.5) is 11.4 Å². The summed E-state index contributed by atoms with van der Waals surface area (Å²) in [5, 5.41) is 5.93. The number of benzene rings is 2. The van der Waals surface area contributed by atoms with Crippen molar-refractivity contribution in [3.8, 4) is 0 Å². The number of anilines is 2. The standard InChI is InChI=1S/C21H23ClN2O4/c1-14-9-15(2)11-18(10-14)24-20(26)13-28-21(27)8-4-7-19(25)23-17-6-3-5-16(22)12-17/h3,5-6,9-12H,4,7-8,13H2,1-2H3,(H,23,25)(H,24,26). The summed E-state index contributed by atoms with van der Waals surface area (Å²) in [5.41, 5.74) is 3.33. The number of nitrogens with one attached hydrogen (secondary N) is 2. The lowest BCUT2D eigenvalue weighted by molar-refractivity contribution is -0.147. The fourth-order valence-corrected chi connectivity index (χ4v) is 2.84. The van der Waals surface area contributed by atoms with E-state index >= 15 is 0 Å². The molecule has 0 atom stereocenters. The molecule has 0 fully saturated rings. The van der Waals surface area contributed by atoms with Crippen molar-refractivity contribution in [2.24, 2.45) is 0 Å². The second-order valence-corrected chi connectivity index (χ2v) is 6.93. The average molecular weight is 403 g/mol. The van der Waals surface area contributed by atoms with Gasteiger partial charge in [-0.3, -0.25) is 14.4 Å². The molecule has 2 amide bonds. The number of hydrogen-bond donors (Lipinski definition) is 2. The Kier molecular flexibility index (Phi) is 8.02. The smallest absolute Gasteiger partial charge is 0.306 e. The highest BCUT2D eigenvalue weighted by molar-refractivity contribution is 6.30. The van der Waals surface area contributed by atoms with Gasteiger partial charge in [0.2, 0.25) is 5.91 Å². The Morgan fingerprint density at radius 1 is 0.893 bits per heavy atom. The second kappa shape index (κ2) is 10.5. The van der Waals surface area contributed by atoms with Crippen molar-refractivity contribution in [3.63, 3.8) is 0 Å². The first-order chi connectivity index (χ1) is 13.3. The number of amides is 2. The molecule has 2 rings (SSSR count). The molecule has 148 valence electrons. The fraction of sp³-hybridized carbons (Fsp3) is 0.286. The molecule has 0 aliphatic rings. The monoisotopic (exact) mass is 402 g/mol. The number of ether oxygens (including phenoxy) is 1. The van der Waals surface area contributed by atoms with Crippen molar-refractivity contribution < 1.29 is 19.1 Å². The van der Waals surface area contributed by atoms with Crippen LogP contribution in [-0.2, 0) is 19.1 Å². The zero-order valence-electron chi connectivity index (χ0n) is 15.9. The normalized spacial score (nSPS) is 10.2. The van der Waals surface area contributed by atoms with Gasteiger partial charge in [0.05, 0.1) is 0 Å². The van der Waals surface area contributed by atoms with Gasteiger partial charge in [-0.05, 0) is 61.7 Å². The number of hydrogen-bond acceptors (Lipinski definition) is 4. The minimum atomic E-state index is -0.522. The number of carbonyl (C=O) groups excluding carboxylic acids is 3. The van der Waals surface area contributed by atoms with Crippen LogP contribution in [0.1, 0.15) is 30.4 Å². The van der Waals surface area contributed by atoms with Crippen molar-refractivity contribution >= 4 is 40.8 Å². The maximum atomic E-state index is 11.9. The van der Waals surface area contributed by atoms with E-state index in [1.807, 2.05) is 32.0 Å². The molecule has 2 N–H and O–H groups in total. The summed E-state index contributed by atoms with van der Waals surface area (Å²) < 4.78 is 4.95. The molecule has 6 nitrogen and oxygen atoms in total. The highest BCUT2D eigenvalue weighted by Crippen LogP contribution is 2.15. The largest absolute Gasteiger partial charge is 0.456 e. The molecular formula is C21H23ClN2O4. The second-order valence-electron chi connectivity index (χ2n) is 6.50. The first-order valence-corrected chi connectivity index (χ1v) is 9.29. The molecule has 7 heteroatoms. The molecule has 0 saturated carbocycles. The van der Waals surface area contributed by atoms with Gasteiger partial charge in [0.25, 0.3) is 5.91 Å². The lowest BCUT2D eigenvalue weighted by Gasteiger charge is -2.08. The Morgan fingerprint density at radius 3 is 2.25 bits per heavy atom. The van der Waals surface area contributed by atoms with E-state index in [2.05, 4.69) is 10.6 Å². The van der Waals surface area contributed by atoms with E-state index in [4.69, 9.17) is 16.3 Å². The number of aryl methyl sites for hydroxylation is 2. The quantitative estimate of drug-likeness (QED) is 0.646. The average Bonchev–Trinajstić information content (AvgIpc) is 2.59. The van der Waals surface area contributed by atoms with Crippen LogP contribution in [0.25, 0.3) is 0 Å². The molecule has 0 aromatic heterocycles. The number of carbonyl (C=O) groups is 3. The van der Waals surface area contributed by atoms with Gasteiger partial charge in [-0.15, -0.1) is 0 Å². The predicted octanol–water partition coefficient (Wildman–Crippen LogP) is 4.25. The molecular weight excluding hydrogens is 380 g/mol. The Labute approximate surface area is 169 Å². The van der Waals surface area contributed by atoms with Crippen LogP contribution >= 0.6 is 11.6 Å². The van der Waals surface area contributed by atoms with Gasteiger partial charge in [-0.25, -0.2) is 0 Å². The zero-order chi connectivity index (χ0) is 20.5. The summed E-state index contributed by atoms with van der Waals surface area (Å²) in [6, 6.07) is 12.5. The zero-order valence-corrected chi connectivity index (χ0v) is 16.6. The van der Waals surface area contributed by atoms with E-state index in [0.717, 1.165) is 11.1 Å². The predicted molar refractivity (Wildman–Crippen MR) is 109 cm³/mol. The first kappa shape index (κ1) is 21.4. The third-order valence-corrected chi connectivity index (χ3v) is 4.00. The van der Waals surface area contributed by atoms with Gasteiger partial charge in [0.15, 0.2) is 6.61 Å². The van der Waals surface area contributed by atoms with E-state index in [1.54, 1.807) is 24.3 Å². The van der Waals surface area contributed by atoms with Gasteiger partial charge >= 0.3 is 5.97 Å². The van der Waals surface area contributed by atoms with E-state index in [-0.39, 0.29) is 25.4 Å². The van der Waals surface area contributed by atoms with Gasteiger partial charge in [0.1, 0.15) is 0 Å². The Balaban J connectivity index is 1.65. The van der Waals surface area contributed by atoms with Crippen LogP contribution in [0, 0.1) is 13.8 Å². The van der Waals surface area contributed by atoms with Crippen molar-refractivity contribution in [2.45, 2.75) is 33.1 Å². The van der Waals surface area contributed by atoms with Crippen LogP contribution in [0.2, 0.25) is 5.02 Å². The fourth-order valence-electron chi connectivity index (χ4n) is 2.65. The van der Waals surface area contributed by atoms with Crippen molar-refractivity contribution in [1.82, 2.24) is 0 Å². The van der Waals surface area contributed by atoms with Gasteiger partial charge in [-0.2, -0.15) is 0 Å². The Bertz CT molecular complexity index is 847. The summed E-state index contributed by atoms with van der Waals surface area (Å²) in [4.78, 5) is 35.5. The number of rotatable bonds is 8. The number of halogens is 1. The Morgan fingerprint density at radius 2 is 1.57 bits per heavy atom. The van der Waals surface area contributed by atoms with Crippen molar-refractivity contribution in [2.75, 3.05) is 17.2 Å². The topological polar surface area (TPSA) is 84.5 Å². The molecule has 0 saturated heterocycles. The van der Waals surface area contributed by atoms with Crippen LogP contribution in [-0.4, -0.2) is 24.4 Å².